The van der Waals surface area contributed by atoms with Crippen molar-refractivity contribution in [3.8, 4) is 11.5 Å². The van der Waals surface area contributed by atoms with Crippen LogP contribution < -0.4 is 15.8 Å². The van der Waals surface area contributed by atoms with Crippen molar-refractivity contribution in [2.24, 2.45) is 0 Å². The number of nitrogens with one attached hydrogen (secondary N) is 1. The van der Waals surface area contributed by atoms with Crippen molar-refractivity contribution in [3.63, 3.8) is 0 Å². The lowest BCUT2D eigenvalue weighted by molar-refractivity contribution is 0.102. The number of amides is 1. The molecule has 4 N–H and O–H groups in total. The molecule has 2 aromatic rings. The van der Waals surface area contributed by atoms with Crippen molar-refractivity contribution in [2.75, 3.05) is 18.2 Å². The number of hydrogen-bond donors (Lipinski definition) is 3. The Morgan fingerprint density at radius 2 is 1.81 bits per heavy atom. The van der Waals surface area contributed by atoms with Crippen molar-refractivity contribution in [1.29, 1.82) is 0 Å². The Hall–Kier alpha value is -2.69. The number of carbonyl (C=O) groups is 1. The van der Waals surface area contributed by atoms with Gasteiger partial charge in [-0.25, -0.2) is 0 Å². The molecule has 0 fully saturated rings. The van der Waals surface area contributed by atoms with Crippen LogP contribution >= 0.6 is 0 Å². The highest BCUT2D eigenvalue weighted by Gasteiger charge is 2.12. The van der Waals surface area contributed by atoms with Crippen molar-refractivity contribution < 1.29 is 14.6 Å². The Morgan fingerprint density at radius 3 is 2.33 bits per heavy atom. The number of nitrogens with two attached hydrogens (primary N) is 1. The number of rotatable bonds is 3. The van der Waals surface area contributed by atoms with E-state index in [1.165, 1.54) is 13.2 Å². The van der Waals surface area contributed by atoms with Crippen LogP contribution in [0.2, 0.25) is 0 Å². The van der Waals surface area contributed by atoms with E-state index in [-0.39, 0.29) is 11.7 Å². The zero-order valence-electron chi connectivity index (χ0n) is 12.2. The summed E-state index contributed by atoms with van der Waals surface area (Å²) in [5.41, 5.74) is 9.27. The Bertz CT molecular complexity index is 673. The van der Waals surface area contributed by atoms with Crippen LogP contribution in [0, 0.1) is 13.8 Å². The highest BCUT2D eigenvalue weighted by Crippen LogP contribution is 2.28. The molecule has 2 aromatic carbocycles. The standard InChI is InChI=1S/C16H18N2O3/c1-9-6-12(17)7-10(2)15(9)18-16(20)11-4-5-14(21-3)13(19)8-11/h4-8,19H,17H2,1-3H3,(H,18,20). The van der Waals surface area contributed by atoms with Crippen molar-refractivity contribution >= 4 is 17.3 Å². The summed E-state index contributed by atoms with van der Waals surface area (Å²) in [4.78, 5) is 12.3. The molecule has 0 aliphatic carbocycles. The van der Waals surface area contributed by atoms with Crippen LogP contribution in [0.25, 0.3) is 0 Å². The summed E-state index contributed by atoms with van der Waals surface area (Å²) in [6.45, 7) is 3.76. The number of nitrogen functional groups attached to an aromatic ring is 1. The van der Waals surface area contributed by atoms with Gasteiger partial charge < -0.3 is 20.9 Å². The van der Waals surface area contributed by atoms with Gasteiger partial charge in [0.25, 0.3) is 5.91 Å². The molecule has 110 valence electrons. The van der Waals surface area contributed by atoms with Crippen molar-refractivity contribution in [3.05, 3.63) is 47.0 Å². The first-order chi connectivity index (χ1) is 9.92. The van der Waals surface area contributed by atoms with E-state index >= 15 is 0 Å². The van der Waals surface area contributed by atoms with E-state index in [9.17, 15) is 9.90 Å². The van der Waals surface area contributed by atoms with Crippen LogP contribution in [0.3, 0.4) is 0 Å². The molecular weight excluding hydrogens is 268 g/mol. The monoisotopic (exact) mass is 286 g/mol. The van der Waals surface area contributed by atoms with Gasteiger partial charge in [0, 0.05) is 16.9 Å². The average Bonchev–Trinajstić information content (AvgIpc) is 2.42. The molecule has 1 amide bonds. The van der Waals surface area contributed by atoms with Gasteiger partial charge in [0.15, 0.2) is 11.5 Å². The van der Waals surface area contributed by atoms with E-state index < -0.39 is 0 Å². The molecule has 0 saturated carbocycles. The van der Waals surface area contributed by atoms with Crippen molar-refractivity contribution in [1.82, 2.24) is 0 Å². The van der Waals surface area contributed by atoms with Gasteiger partial charge in [-0.05, 0) is 55.3 Å². The summed E-state index contributed by atoms with van der Waals surface area (Å²) >= 11 is 0. The molecule has 0 atom stereocenters. The van der Waals surface area contributed by atoms with E-state index in [0.29, 0.717) is 17.0 Å². The van der Waals surface area contributed by atoms with Crippen LogP contribution in [0.15, 0.2) is 30.3 Å². The second kappa shape index (κ2) is 5.75. The first-order valence-corrected chi connectivity index (χ1v) is 6.47. The van der Waals surface area contributed by atoms with Gasteiger partial charge >= 0.3 is 0 Å². The Balaban J connectivity index is 2.28. The topological polar surface area (TPSA) is 84.6 Å². The maximum absolute atomic E-state index is 12.3. The lowest BCUT2D eigenvalue weighted by Gasteiger charge is -2.13. The summed E-state index contributed by atoms with van der Waals surface area (Å²) in [5, 5.41) is 12.6. The number of anilines is 2. The number of ether oxygens (including phenoxy) is 1. The van der Waals surface area contributed by atoms with Gasteiger partial charge in [-0.2, -0.15) is 0 Å². The van der Waals surface area contributed by atoms with Crippen LogP contribution in [0.5, 0.6) is 11.5 Å². The number of benzene rings is 2. The number of aromatic hydroxyl groups is 1. The molecule has 0 aromatic heterocycles. The average molecular weight is 286 g/mol. The number of methoxy groups -OCH3 is 1. The molecule has 5 heteroatoms. The van der Waals surface area contributed by atoms with Gasteiger partial charge in [0.2, 0.25) is 0 Å². The molecule has 0 unspecified atom stereocenters. The molecule has 0 aliphatic rings. The van der Waals surface area contributed by atoms with Crippen LogP contribution in [0.1, 0.15) is 21.5 Å². The van der Waals surface area contributed by atoms with E-state index in [1.54, 1.807) is 24.3 Å². The fourth-order valence-electron chi connectivity index (χ4n) is 2.21. The van der Waals surface area contributed by atoms with Gasteiger partial charge in [-0.15, -0.1) is 0 Å². The SMILES string of the molecule is COc1ccc(C(=O)Nc2c(C)cc(N)cc2C)cc1O. The highest BCUT2D eigenvalue weighted by molar-refractivity contribution is 6.05. The molecule has 0 spiro atoms. The molecule has 0 bridgehead atoms. The first-order valence-electron chi connectivity index (χ1n) is 6.47. The van der Waals surface area contributed by atoms with Crippen molar-refractivity contribution in [2.45, 2.75) is 13.8 Å². The smallest absolute Gasteiger partial charge is 0.255 e. The Morgan fingerprint density at radius 1 is 1.19 bits per heavy atom. The minimum absolute atomic E-state index is 0.0732. The Labute approximate surface area is 123 Å². The van der Waals surface area contributed by atoms with E-state index in [0.717, 1.165) is 16.8 Å². The normalized spacial score (nSPS) is 10.2. The highest BCUT2D eigenvalue weighted by atomic mass is 16.5. The number of phenolic OH excluding ortho intramolecular Hbond substituents is 1. The fourth-order valence-corrected chi connectivity index (χ4v) is 2.21. The molecule has 0 radical (unpaired) electrons. The number of hydrogen-bond acceptors (Lipinski definition) is 4. The third kappa shape index (κ3) is 3.08. The number of aryl methyl sites for hydroxylation is 2. The van der Waals surface area contributed by atoms with Crippen LogP contribution in [-0.2, 0) is 0 Å². The predicted octanol–water partition coefficient (Wildman–Crippen LogP) is 2.85. The summed E-state index contributed by atoms with van der Waals surface area (Å²) in [6, 6.07) is 8.11. The predicted molar refractivity (Wildman–Crippen MR) is 82.9 cm³/mol. The molecule has 21 heavy (non-hydrogen) atoms. The summed E-state index contributed by atoms with van der Waals surface area (Å²) in [5.74, 6) is -0.0498. The molecule has 0 aliphatic heterocycles. The van der Waals surface area contributed by atoms with Gasteiger partial charge in [-0.3, -0.25) is 4.79 Å². The van der Waals surface area contributed by atoms with Crippen LogP contribution in [0.4, 0.5) is 11.4 Å². The zero-order valence-corrected chi connectivity index (χ0v) is 12.2. The molecule has 5 nitrogen and oxygen atoms in total. The maximum Gasteiger partial charge on any atom is 0.255 e. The van der Waals surface area contributed by atoms with E-state index in [1.807, 2.05) is 13.8 Å². The van der Waals surface area contributed by atoms with E-state index in [2.05, 4.69) is 5.32 Å². The molecule has 0 heterocycles. The third-order valence-corrected chi connectivity index (χ3v) is 3.23. The summed E-state index contributed by atoms with van der Waals surface area (Å²) in [7, 11) is 1.45. The number of carbonyl (C=O) groups excluding carboxylic acids is 1. The first kappa shape index (κ1) is 14.7. The molecular formula is C16H18N2O3. The third-order valence-electron chi connectivity index (χ3n) is 3.23. The van der Waals surface area contributed by atoms with Crippen LogP contribution in [-0.4, -0.2) is 18.1 Å². The fraction of sp³-hybridized carbons (Fsp3) is 0.188. The van der Waals surface area contributed by atoms with Gasteiger partial charge in [-0.1, -0.05) is 0 Å². The van der Waals surface area contributed by atoms with Gasteiger partial charge in [0.1, 0.15) is 0 Å². The largest absolute Gasteiger partial charge is 0.504 e. The number of phenols is 1. The second-order valence-corrected chi connectivity index (χ2v) is 4.87. The lowest BCUT2D eigenvalue weighted by atomic mass is 10.1. The second-order valence-electron chi connectivity index (χ2n) is 4.87. The molecule has 2 rings (SSSR count). The zero-order chi connectivity index (χ0) is 15.6. The minimum Gasteiger partial charge on any atom is -0.504 e. The minimum atomic E-state index is -0.302. The Kier molecular flexibility index (Phi) is 4.03. The van der Waals surface area contributed by atoms with Gasteiger partial charge in [0.05, 0.1) is 7.11 Å². The summed E-state index contributed by atoms with van der Waals surface area (Å²) in [6.07, 6.45) is 0. The molecule has 0 saturated heterocycles. The lowest BCUT2D eigenvalue weighted by Crippen LogP contribution is -2.14. The maximum atomic E-state index is 12.3. The quantitative estimate of drug-likeness (QED) is 0.757. The summed E-state index contributed by atoms with van der Waals surface area (Å²) < 4.78 is 4.95. The van der Waals surface area contributed by atoms with E-state index in [4.69, 9.17) is 10.5 Å².